The number of carbonyl (C=O) groups excluding carboxylic acids is 2. The first-order valence-electron chi connectivity index (χ1n) is 8.41. The lowest BCUT2D eigenvalue weighted by Gasteiger charge is -2.11. The first-order valence-corrected chi connectivity index (χ1v) is 9.98. The summed E-state index contributed by atoms with van der Waals surface area (Å²) in [6.45, 7) is 0. The van der Waals surface area contributed by atoms with E-state index in [1.165, 1.54) is 24.3 Å². The Labute approximate surface area is 184 Å². The van der Waals surface area contributed by atoms with Crippen LogP contribution in [0.2, 0.25) is 10.0 Å². The molecule has 4 rings (SSSR count). The van der Waals surface area contributed by atoms with Crippen molar-refractivity contribution >= 4 is 63.6 Å². The molecule has 2 heterocycles. The number of rotatable bonds is 4. The van der Waals surface area contributed by atoms with Crippen LogP contribution in [-0.2, 0) is 4.79 Å². The van der Waals surface area contributed by atoms with Gasteiger partial charge in [-0.1, -0.05) is 23.2 Å². The minimum Gasteiger partial charge on any atom is -0.457 e. The Hall–Kier alpha value is -3.07. The van der Waals surface area contributed by atoms with Gasteiger partial charge in [-0.15, -0.1) is 0 Å². The molecule has 10 heteroatoms. The molecule has 0 N–H and O–H groups in total. The second-order valence-electron chi connectivity index (χ2n) is 6.12. The minimum absolute atomic E-state index is 0.128. The third kappa shape index (κ3) is 3.85. The number of halogens is 2. The van der Waals surface area contributed by atoms with Crippen LogP contribution < -0.4 is 4.90 Å². The molecule has 0 radical (unpaired) electrons. The molecule has 30 heavy (non-hydrogen) atoms. The van der Waals surface area contributed by atoms with Crippen molar-refractivity contribution in [1.29, 1.82) is 0 Å². The van der Waals surface area contributed by atoms with Crippen molar-refractivity contribution in [3.8, 4) is 11.3 Å². The van der Waals surface area contributed by atoms with E-state index in [0.29, 0.717) is 27.8 Å². The highest BCUT2D eigenvalue weighted by atomic mass is 35.5. The normalized spacial score (nSPS) is 15.3. The van der Waals surface area contributed by atoms with Crippen LogP contribution in [0.4, 0.5) is 16.2 Å². The van der Waals surface area contributed by atoms with Gasteiger partial charge < -0.3 is 4.42 Å². The number of anilines is 1. The Balaban J connectivity index is 1.63. The Kier molecular flexibility index (Phi) is 5.38. The van der Waals surface area contributed by atoms with Crippen LogP contribution in [0.1, 0.15) is 5.76 Å². The summed E-state index contributed by atoms with van der Waals surface area (Å²) in [6, 6.07) is 13.5. The van der Waals surface area contributed by atoms with Crippen LogP contribution in [0.25, 0.3) is 17.4 Å². The molecule has 1 fully saturated rings. The van der Waals surface area contributed by atoms with Crippen molar-refractivity contribution in [3.63, 3.8) is 0 Å². The van der Waals surface area contributed by atoms with Crippen molar-refractivity contribution < 1.29 is 18.9 Å². The van der Waals surface area contributed by atoms with Gasteiger partial charge in [0.25, 0.3) is 16.8 Å². The molecule has 1 aliphatic heterocycles. The number of nitro benzene ring substituents is 1. The van der Waals surface area contributed by atoms with E-state index >= 15 is 0 Å². The number of furan rings is 1. The molecule has 0 aliphatic carbocycles. The molecule has 0 saturated carbocycles. The van der Waals surface area contributed by atoms with E-state index in [1.54, 1.807) is 36.4 Å². The molecular weight excluding hydrogens is 451 g/mol. The molecule has 7 nitrogen and oxygen atoms in total. The number of amides is 2. The van der Waals surface area contributed by atoms with Crippen LogP contribution >= 0.6 is 35.0 Å². The maximum atomic E-state index is 12.7. The summed E-state index contributed by atoms with van der Waals surface area (Å²) in [5, 5.41) is 11.3. The monoisotopic (exact) mass is 460 g/mol. The second-order valence-corrected chi connectivity index (χ2v) is 7.95. The van der Waals surface area contributed by atoms with Crippen LogP contribution in [0.3, 0.4) is 0 Å². The second kappa shape index (κ2) is 7.98. The molecule has 0 bridgehead atoms. The summed E-state index contributed by atoms with van der Waals surface area (Å²) >= 11 is 12.8. The summed E-state index contributed by atoms with van der Waals surface area (Å²) < 4.78 is 5.69. The fraction of sp³-hybridized carbons (Fsp3) is 0. The number of nitrogens with zero attached hydrogens (tertiary/aromatic N) is 2. The highest BCUT2D eigenvalue weighted by molar-refractivity contribution is 8.19. The molecule has 0 unspecified atom stereocenters. The Morgan fingerprint density at radius 3 is 2.47 bits per heavy atom. The molecule has 3 aromatic rings. The van der Waals surface area contributed by atoms with E-state index in [9.17, 15) is 19.7 Å². The summed E-state index contributed by atoms with van der Waals surface area (Å²) in [7, 11) is 0. The van der Waals surface area contributed by atoms with E-state index in [4.69, 9.17) is 27.6 Å². The predicted octanol–water partition coefficient (Wildman–Crippen LogP) is 6.40. The lowest BCUT2D eigenvalue weighted by Crippen LogP contribution is -2.27. The third-order valence-electron chi connectivity index (χ3n) is 4.20. The Morgan fingerprint density at radius 2 is 1.77 bits per heavy atom. The quantitative estimate of drug-likeness (QED) is 0.254. The molecule has 0 atom stereocenters. The average molecular weight is 461 g/mol. The Morgan fingerprint density at radius 1 is 1.03 bits per heavy atom. The highest BCUT2D eigenvalue weighted by Gasteiger charge is 2.36. The number of thioether (sulfide) groups is 1. The summed E-state index contributed by atoms with van der Waals surface area (Å²) in [6.07, 6.45) is 1.44. The molecule has 2 amide bonds. The van der Waals surface area contributed by atoms with Crippen molar-refractivity contribution in [3.05, 3.63) is 85.4 Å². The lowest BCUT2D eigenvalue weighted by molar-refractivity contribution is -0.384. The minimum atomic E-state index is -0.531. The zero-order valence-corrected chi connectivity index (χ0v) is 17.2. The van der Waals surface area contributed by atoms with Gasteiger partial charge in [-0.3, -0.25) is 19.7 Å². The SMILES string of the molecule is O=C1SC(=Cc2ccc(-c3cc([N+](=O)[O-])ccc3Cl)o2)C(=O)N1c1ccc(Cl)cc1. The smallest absolute Gasteiger partial charge is 0.298 e. The van der Waals surface area contributed by atoms with Gasteiger partial charge in [0, 0.05) is 28.8 Å². The third-order valence-corrected chi connectivity index (χ3v) is 5.66. The van der Waals surface area contributed by atoms with Crippen LogP contribution in [-0.4, -0.2) is 16.1 Å². The molecule has 150 valence electrons. The molecule has 0 spiro atoms. The topological polar surface area (TPSA) is 93.7 Å². The van der Waals surface area contributed by atoms with E-state index in [2.05, 4.69) is 0 Å². The average Bonchev–Trinajstić information content (AvgIpc) is 3.27. The zero-order valence-electron chi connectivity index (χ0n) is 14.9. The number of benzene rings is 2. The van der Waals surface area contributed by atoms with E-state index in [1.807, 2.05) is 0 Å². The van der Waals surface area contributed by atoms with Crippen LogP contribution in [0, 0.1) is 10.1 Å². The first kappa shape index (κ1) is 20.2. The van der Waals surface area contributed by atoms with Crippen molar-refractivity contribution in [2.24, 2.45) is 0 Å². The van der Waals surface area contributed by atoms with E-state index in [0.717, 1.165) is 16.7 Å². The molecule has 1 saturated heterocycles. The van der Waals surface area contributed by atoms with E-state index in [-0.39, 0.29) is 15.6 Å². The van der Waals surface area contributed by atoms with Crippen LogP contribution in [0.15, 0.2) is 63.9 Å². The first-order chi connectivity index (χ1) is 14.3. The van der Waals surface area contributed by atoms with Gasteiger partial charge in [0.1, 0.15) is 11.5 Å². The lowest BCUT2D eigenvalue weighted by atomic mass is 10.1. The molecule has 1 aromatic heterocycles. The van der Waals surface area contributed by atoms with Gasteiger partial charge >= 0.3 is 0 Å². The fourth-order valence-electron chi connectivity index (χ4n) is 2.80. The largest absolute Gasteiger partial charge is 0.457 e. The van der Waals surface area contributed by atoms with Crippen molar-refractivity contribution in [2.75, 3.05) is 4.90 Å². The number of nitro groups is 1. The zero-order chi connectivity index (χ0) is 21.4. The standard InChI is InChI=1S/C20H10Cl2N2O5S/c21-11-1-3-12(4-2-11)23-19(25)18(30-20(23)26)10-14-6-8-17(29-14)15-9-13(24(27)28)5-7-16(15)22/h1-10H. The molecule has 1 aliphatic rings. The Bertz CT molecular complexity index is 1220. The van der Waals surface area contributed by atoms with Crippen molar-refractivity contribution in [1.82, 2.24) is 0 Å². The fourth-order valence-corrected chi connectivity index (χ4v) is 3.96. The number of non-ortho nitro benzene ring substituents is 1. The maximum absolute atomic E-state index is 12.7. The molecule has 2 aromatic carbocycles. The number of hydrogen-bond donors (Lipinski definition) is 0. The van der Waals surface area contributed by atoms with Crippen LogP contribution in [0.5, 0.6) is 0 Å². The maximum Gasteiger partial charge on any atom is 0.298 e. The van der Waals surface area contributed by atoms with Gasteiger partial charge in [-0.2, -0.15) is 0 Å². The number of hydrogen-bond acceptors (Lipinski definition) is 6. The highest BCUT2D eigenvalue weighted by Crippen LogP contribution is 2.37. The van der Waals surface area contributed by atoms with Gasteiger partial charge in [0.15, 0.2) is 0 Å². The van der Waals surface area contributed by atoms with Gasteiger partial charge in [-0.05, 0) is 54.2 Å². The van der Waals surface area contributed by atoms with Gasteiger partial charge in [-0.25, -0.2) is 4.90 Å². The van der Waals surface area contributed by atoms with Crippen molar-refractivity contribution in [2.45, 2.75) is 0 Å². The number of carbonyl (C=O) groups is 2. The summed E-state index contributed by atoms with van der Waals surface area (Å²) in [5.41, 5.74) is 0.630. The summed E-state index contributed by atoms with van der Waals surface area (Å²) in [4.78, 5) is 36.7. The molecular formula is C20H10Cl2N2O5S. The van der Waals surface area contributed by atoms with E-state index < -0.39 is 16.1 Å². The summed E-state index contributed by atoms with van der Waals surface area (Å²) in [5.74, 6) is 0.111. The number of imide groups is 1. The van der Waals surface area contributed by atoms with Gasteiger partial charge in [0.2, 0.25) is 0 Å². The van der Waals surface area contributed by atoms with Gasteiger partial charge in [0.05, 0.1) is 20.5 Å². The predicted molar refractivity (Wildman–Crippen MR) is 116 cm³/mol.